The molecule has 0 bridgehead atoms. The van der Waals surface area contributed by atoms with Crippen molar-refractivity contribution in [2.45, 2.75) is 39.0 Å². The minimum absolute atomic E-state index is 0.191. The molecule has 1 aliphatic rings. The van der Waals surface area contributed by atoms with E-state index >= 15 is 0 Å². The van der Waals surface area contributed by atoms with Gasteiger partial charge in [0.25, 0.3) is 0 Å². The minimum Gasteiger partial charge on any atom is -0.446 e. The lowest BCUT2D eigenvalue weighted by molar-refractivity contribution is -0.0144. The van der Waals surface area contributed by atoms with E-state index in [-0.39, 0.29) is 31.4 Å². The third-order valence-electron chi connectivity index (χ3n) is 2.48. The van der Waals surface area contributed by atoms with Gasteiger partial charge in [-0.15, -0.1) is 0 Å². The molecule has 1 aliphatic heterocycles. The number of hydrogen-bond donors (Lipinski definition) is 1. The van der Waals surface area contributed by atoms with Crippen molar-refractivity contribution in [1.29, 1.82) is 0 Å². The number of nitrogens with zero attached hydrogens (tertiary/aromatic N) is 1. The van der Waals surface area contributed by atoms with Crippen LogP contribution in [0.2, 0.25) is 0 Å². The Hall–Kier alpha value is -0.380. The molecule has 1 saturated heterocycles. The summed E-state index contributed by atoms with van der Waals surface area (Å²) >= 11 is 3.25. The van der Waals surface area contributed by atoms with Gasteiger partial charge in [0.2, 0.25) is 0 Å². The van der Waals surface area contributed by atoms with Crippen molar-refractivity contribution in [1.82, 2.24) is 9.03 Å². The van der Waals surface area contributed by atoms with Crippen molar-refractivity contribution < 1.29 is 22.7 Å². The number of halogens is 1. The van der Waals surface area contributed by atoms with E-state index < -0.39 is 16.3 Å². The van der Waals surface area contributed by atoms with Gasteiger partial charge in [0, 0.05) is 17.9 Å². The highest BCUT2D eigenvalue weighted by atomic mass is 79.9. The summed E-state index contributed by atoms with van der Waals surface area (Å²) in [5.74, 6) is 0. The van der Waals surface area contributed by atoms with E-state index in [1.165, 1.54) is 4.31 Å². The van der Waals surface area contributed by atoms with Crippen LogP contribution in [-0.2, 0) is 19.7 Å². The van der Waals surface area contributed by atoms with Gasteiger partial charge in [-0.05, 0) is 20.8 Å². The number of ether oxygens (including phenoxy) is 2. The quantitative estimate of drug-likeness (QED) is 0.753. The summed E-state index contributed by atoms with van der Waals surface area (Å²) < 4.78 is 37.5. The zero-order valence-corrected chi connectivity index (χ0v) is 13.5. The van der Waals surface area contributed by atoms with Crippen LogP contribution in [0, 0.1) is 0 Å². The molecule has 0 aromatic heterocycles. The molecule has 1 heterocycles. The first-order valence-corrected chi connectivity index (χ1v) is 8.50. The third-order valence-corrected chi connectivity index (χ3v) is 4.76. The molecule has 0 radical (unpaired) electrons. The van der Waals surface area contributed by atoms with Crippen molar-refractivity contribution in [3.8, 4) is 0 Å². The molecule has 0 spiro atoms. The smallest absolute Gasteiger partial charge is 0.422 e. The number of carbonyl (C=O) groups excluding carboxylic acids is 1. The fourth-order valence-electron chi connectivity index (χ4n) is 1.62. The van der Waals surface area contributed by atoms with Gasteiger partial charge in [0.05, 0.1) is 18.8 Å². The maximum Gasteiger partial charge on any atom is 0.422 e. The predicted octanol–water partition coefficient (Wildman–Crippen LogP) is 0.850. The van der Waals surface area contributed by atoms with Crippen LogP contribution in [0.5, 0.6) is 0 Å². The molecule has 0 aliphatic carbocycles. The number of rotatable bonds is 4. The molecule has 112 valence electrons. The van der Waals surface area contributed by atoms with Crippen molar-refractivity contribution in [2.24, 2.45) is 0 Å². The molecule has 0 saturated carbocycles. The van der Waals surface area contributed by atoms with Crippen molar-refractivity contribution in [2.75, 3.05) is 18.5 Å². The van der Waals surface area contributed by atoms with E-state index in [9.17, 15) is 13.2 Å². The maximum atomic E-state index is 12.1. The average molecular weight is 359 g/mol. The minimum atomic E-state index is -3.91. The number of nitrogens with one attached hydrogen (secondary N) is 1. The summed E-state index contributed by atoms with van der Waals surface area (Å²) in [4.78, 5) is 11.4. The second-order valence-electron chi connectivity index (χ2n) is 4.59. The average Bonchev–Trinajstić information content (AvgIpc) is 2.27. The summed E-state index contributed by atoms with van der Waals surface area (Å²) in [6.45, 7) is 5.49. The maximum absolute atomic E-state index is 12.1. The van der Waals surface area contributed by atoms with E-state index in [2.05, 4.69) is 15.9 Å². The molecule has 0 aromatic carbocycles. The summed E-state index contributed by atoms with van der Waals surface area (Å²) in [5.41, 5.74) is 0. The van der Waals surface area contributed by atoms with E-state index in [0.717, 1.165) is 0 Å². The number of alkyl halides is 1. The van der Waals surface area contributed by atoms with Crippen LogP contribution in [0.4, 0.5) is 4.79 Å². The van der Waals surface area contributed by atoms with Gasteiger partial charge in [-0.2, -0.15) is 12.7 Å². The van der Waals surface area contributed by atoms with Crippen LogP contribution in [-0.4, -0.2) is 55.5 Å². The molecule has 1 rings (SSSR count). The Kier molecular flexibility index (Phi) is 6.03. The molecule has 2 atom stereocenters. The topological polar surface area (TPSA) is 84.9 Å². The molecule has 9 heteroatoms. The van der Waals surface area contributed by atoms with E-state index in [1.54, 1.807) is 20.8 Å². The first kappa shape index (κ1) is 16.7. The third kappa shape index (κ3) is 4.90. The summed E-state index contributed by atoms with van der Waals surface area (Å²) in [6, 6.07) is -0.334. The van der Waals surface area contributed by atoms with Crippen LogP contribution in [0.3, 0.4) is 0 Å². The molecule has 1 amide bonds. The molecule has 7 nitrogen and oxygen atoms in total. The molecule has 0 aromatic rings. The summed E-state index contributed by atoms with van der Waals surface area (Å²) in [7, 11) is -3.91. The van der Waals surface area contributed by atoms with E-state index in [1.807, 2.05) is 4.72 Å². The first-order chi connectivity index (χ1) is 8.76. The normalized spacial score (nSPS) is 25.3. The van der Waals surface area contributed by atoms with Gasteiger partial charge in [0.1, 0.15) is 0 Å². The highest BCUT2D eigenvalue weighted by Gasteiger charge is 2.35. The van der Waals surface area contributed by atoms with Gasteiger partial charge in [-0.25, -0.2) is 9.52 Å². The zero-order valence-electron chi connectivity index (χ0n) is 11.1. The van der Waals surface area contributed by atoms with Crippen LogP contribution in [0.25, 0.3) is 0 Å². The zero-order chi connectivity index (χ0) is 14.6. The van der Waals surface area contributed by atoms with Gasteiger partial charge in [-0.1, -0.05) is 15.9 Å². The SMILES string of the molecule is CC(C)OC(=O)NS(=O)(=O)N1CC(CBr)OCC1C. The summed E-state index contributed by atoms with van der Waals surface area (Å²) in [6.07, 6.45) is -1.58. The lowest BCUT2D eigenvalue weighted by Gasteiger charge is -2.36. The molecule has 19 heavy (non-hydrogen) atoms. The van der Waals surface area contributed by atoms with Crippen LogP contribution in [0.15, 0.2) is 0 Å². The van der Waals surface area contributed by atoms with Crippen LogP contribution >= 0.6 is 15.9 Å². The Bertz CT molecular complexity index is 414. The Labute approximate surface area is 121 Å². The van der Waals surface area contributed by atoms with Crippen LogP contribution in [0.1, 0.15) is 20.8 Å². The predicted molar refractivity (Wildman–Crippen MR) is 73.4 cm³/mol. The van der Waals surface area contributed by atoms with Crippen molar-refractivity contribution in [3.05, 3.63) is 0 Å². The van der Waals surface area contributed by atoms with Gasteiger partial charge in [-0.3, -0.25) is 0 Å². The second kappa shape index (κ2) is 6.87. The number of carbonyl (C=O) groups is 1. The Morgan fingerprint density at radius 2 is 2.21 bits per heavy atom. The monoisotopic (exact) mass is 358 g/mol. The Morgan fingerprint density at radius 3 is 2.74 bits per heavy atom. The van der Waals surface area contributed by atoms with Crippen molar-refractivity contribution >= 4 is 32.2 Å². The number of hydrogen-bond acceptors (Lipinski definition) is 5. The first-order valence-electron chi connectivity index (χ1n) is 5.94. The largest absolute Gasteiger partial charge is 0.446 e. The fraction of sp³-hybridized carbons (Fsp3) is 0.900. The van der Waals surface area contributed by atoms with Crippen molar-refractivity contribution in [3.63, 3.8) is 0 Å². The standard InChI is InChI=1S/C10H19BrN2O5S/c1-7(2)18-10(14)12-19(15,16)13-5-9(4-11)17-6-8(13)3/h7-9H,4-6H2,1-3H3,(H,12,14). The van der Waals surface area contributed by atoms with E-state index in [4.69, 9.17) is 9.47 Å². The highest BCUT2D eigenvalue weighted by molar-refractivity contribution is 9.09. The fourth-order valence-corrected chi connectivity index (χ4v) is 3.29. The van der Waals surface area contributed by atoms with Crippen LogP contribution < -0.4 is 4.72 Å². The number of amides is 1. The van der Waals surface area contributed by atoms with Gasteiger partial charge < -0.3 is 9.47 Å². The molecule has 2 unspecified atom stereocenters. The lowest BCUT2D eigenvalue weighted by Crippen LogP contribution is -2.55. The molecule has 1 N–H and O–H groups in total. The van der Waals surface area contributed by atoms with Gasteiger partial charge >= 0.3 is 16.3 Å². The lowest BCUT2D eigenvalue weighted by atomic mass is 10.2. The number of morpholine rings is 1. The molecule has 1 fully saturated rings. The molecular weight excluding hydrogens is 340 g/mol. The van der Waals surface area contributed by atoms with E-state index in [0.29, 0.717) is 5.33 Å². The van der Waals surface area contributed by atoms with Gasteiger partial charge in [0.15, 0.2) is 0 Å². The molecular formula is C10H19BrN2O5S. The Balaban J connectivity index is 2.72. The second-order valence-corrected chi connectivity index (χ2v) is 6.86. The Morgan fingerprint density at radius 1 is 1.58 bits per heavy atom. The highest BCUT2D eigenvalue weighted by Crippen LogP contribution is 2.16. The summed E-state index contributed by atoms with van der Waals surface area (Å²) in [5, 5.41) is 0.530.